The van der Waals surface area contributed by atoms with E-state index in [4.69, 9.17) is 14.3 Å². The zero-order valence-electron chi connectivity index (χ0n) is 7.82. The fraction of sp³-hybridized carbons (Fsp3) is 0.556. The molecule has 1 aromatic rings. The molecular weight excluding hydrogens is 186 g/mol. The molecular formula is C9H11NO4. The van der Waals surface area contributed by atoms with Crippen LogP contribution in [0.25, 0.3) is 0 Å². The molecule has 76 valence electrons. The highest BCUT2D eigenvalue weighted by Crippen LogP contribution is 2.25. The van der Waals surface area contributed by atoms with Crippen molar-refractivity contribution in [3.05, 3.63) is 17.3 Å². The minimum atomic E-state index is -1.04. The molecule has 0 saturated carbocycles. The molecule has 1 aliphatic rings. The van der Waals surface area contributed by atoms with Gasteiger partial charge in [-0.2, -0.15) is 0 Å². The van der Waals surface area contributed by atoms with Crippen LogP contribution in [0.15, 0.2) is 4.42 Å². The van der Waals surface area contributed by atoms with E-state index in [1.165, 1.54) is 0 Å². The van der Waals surface area contributed by atoms with Crippen molar-refractivity contribution in [3.8, 4) is 0 Å². The number of hydrogen-bond donors (Lipinski definition) is 1. The largest absolute Gasteiger partial charge is 0.476 e. The van der Waals surface area contributed by atoms with Gasteiger partial charge >= 0.3 is 5.97 Å². The number of carbonyl (C=O) groups is 1. The molecule has 1 fully saturated rings. The fourth-order valence-electron chi connectivity index (χ4n) is 1.52. The third-order valence-corrected chi connectivity index (χ3v) is 2.29. The molecule has 1 aliphatic heterocycles. The van der Waals surface area contributed by atoms with Crippen LogP contribution in [0.5, 0.6) is 0 Å². The summed E-state index contributed by atoms with van der Waals surface area (Å²) >= 11 is 0. The number of aromatic carboxylic acids is 1. The van der Waals surface area contributed by atoms with E-state index < -0.39 is 5.97 Å². The van der Waals surface area contributed by atoms with Crippen LogP contribution in [0.4, 0.5) is 0 Å². The van der Waals surface area contributed by atoms with E-state index in [0.29, 0.717) is 24.9 Å². The monoisotopic (exact) mass is 197 g/mol. The molecule has 0 aliphatic carbocycles. The first-order valence-corrected chi connectivity index (χ1v) is 4.47. The van der Waals surface area contributed by atoms with E-state index in [-0.39, 0.29) is 11.6 Å². The predicted molar refractivity (Wildman–Crippen MR) is 46.4 cm³/mol. The number of hydrogen-bond acceptors (Lipinski definition) is 4. The molecule has 0 bridgehead atoms. The van der Waals surface area contributed by atoms with Crippen molar-refractivity contribution >= 4 is 5.97 Å². The lowest BCUT2D eigenvalue weighted by Gasteiger charge is -1.98. The summed E-state index contributed by atoms with van der Waals surface area (Å²) in [4.78, 5) is 14.6. The molecule has 0 spiro atoms. The summed E-state index contributed by atoms with van der Waals surface area (Å²) in [7, 11) is 0. The van der Waals surface area contributed by atoms with Gasteiger partial charge < -0.3 is 14.3 Å². The number of aromatic nitrogens is 1. The van der Waals surface area contributed by atoms with Gasteiger partial charge in [-0.05, 0) is 13.3 Å². The summed E-state index contributed by atoms with van der Waals surface area (Å²) < 4.78 is 10.5. The maximum atomic E-state index is 10.7. The quantitative estimate of drug-likeness (QED) is 0.770. The van der Waals surface area contributed by atoms with Crippen LogP contribution in [0, 0.1) is 6.92 Å². The van der Waals surface area contributed by atoms with Crippen molar-refractivity contribution in [2.75, 3.05) is 13.2 Å². The molecule has 0 aromatic carbocycles. The van der Waals surface area contributed by atoms with Crippen molar-refractivity contribution < 1.29 is 19.1 Å². The molecule has 2 heterocycles. The van der Waals surface area contributed by atoms with Gasteiger partial charge in [-0.1, -0.05) is 0 Å². The van der Waals surface area contributed by atoms with Gasteiger partial charge in [0.2, 0.25) is 5.89 Å². The highest BCUT2D eigenvalue weighted by Gasteiger charge is 2.25. The number of aryl methyl sites for hydroxylation is 1. The summed E-state index contributed by atoms with van der Waals surface area (Å²) in [6.45, 7) is 2.86. The van der Waals surface area contributed by atoms with E-state index in [1.54, 1.807) is 6.92 Å². The van der Waals surface area contributed by atoms with Crippen LogP contribution in [-0.2, 0) is 4.74 Å². The summed E-state index contributed by atoms with van der Waals surface area (Å²) in [5, 5.41) is 8.77. The second-order valence-electron chi connectivity index (χ2n) is 3.32. The number of carboxylic acid groups (broad SMARTS) is 1. The van der Waals surface area contributed by atoms with Gasteiger partial charge in [-0.3, -0.25) is 0 Å². The standard InChI is InChI=1S/C9H11NO4/c1-5-7(9(11)12)10-8(14-5)6-2-3-13-4-6/h6H,2-4H2,1H3,(H,11,12). The number of carboxylic acids is 1. The Balaban J connectivity index is 2.27. The molecule has 1 N–H and O–H groups in total. The van der Waals surface area contributed by atoms with Gasteiger partial charge in [0.05, 0.1) is 12.5 Å². The van der Waals surface area contributed by atoms with Crippen molar-refractivity contribution in [3.63, 3.8) is 0 Å². The first-order chi connectivity index (χ1) is 6.68. The number of ether oxygens (including phenoxy) is 1. The van der Waals surface area contributed by atoms with Gasteiger partial charge in [0, 0.05) is 6.61 Å². The molecule has 1 aromatic heterocycles. The van der Waals surface area contributed by atoms with Crippen molar-refractivity contribution in [2.24, 2.45) is 0 Å². The smallest absolute Gasteiger partial charge is 0.358 e. The Morgan fingerprint density at radius 3 is 2.93 bits per heavy atom. The predicted octanol–water partition coefficient (Wildman–Crippen LogP) is 1.19. The van der Waals surface area contributed by atoms with Crippen molar-refractivity contribution in [1.29, 1.82) is 0 Å². The Morgan fingerprint density at radius 2 is 2.43 bits per heavy atom. The summed E-state index contributed by atoms with van der Waals surface area (Å²) in [6.07, 6.45) is 0.846. The average Bonchev–Trinajstić information content (AvgIpc) is 2.70. The highest BCUT2D eigenvalue weighted by molar-refractivity contribution is 5.86. The van der Waals surface area contributed by atoms with Crippen molar-refractivity contribution in [1.82, 2.24) is 4.98 Å². The number of oxazole rings is 1. The lowest BCUT2D eigenvalue weighted by atomic mass is 10.1. The first-order valence-electron chi connectivity index (χ1n) is 4.47. The van der Waals surface area contributed by atoms with Crippen LogP contribution in [0.3, 0.4) is 0 Å². The van der Waals surface area contributed by atoms with Gasteiger partial charge in [0.25, 0.3) is 0 Å². The minimum Gasteiger partial charge on any atom is -0.476 e. The second kappa shape index (κ2) is 3.42. The minimum absolute atomic E-state index is 0.00639. The van der Waals surface area contributed by atoms with E-state index in [2.05, 4.69) is 4.98 Å². The van der Waals surface area contributed by atoms with Gasteiger partial charge in [-0.25, -0.2) is 9.78 Å². The number of rotatable bonds is 2. The Kier molecular flexibility index (Phi) is 2.25. The number of nitrogens with zero attached hydrogens (tertiary/aromatic N) is 1. The molecule has 5 heteroatoms. The summed E-state index contributed by atoms with van der Waals surface area (Å²) in [5.74, 6) is -0.0879. The van der Waals surface area contributed by atoms with Crippen LogP contribution < -0.4 is 0 Å². The van der Waals surface area contributed by atoms with Crippen LogP contribution >= 0.6 is 0 Å². The molecule has 1 saturated heterocycles. The zero-order valence-corrected chi connectivity index (χ0v) is 7.82. The molecule has 1 atom stereocenters. The Labute approximate surface area is 80.7 Å². The Bertz CT molecular complexity index is 352. The maximum absolute atomic E-state index is 10.7. The molecule has 2 rings (SSSR count). The second-order valence-corrected chi connectivity index (χ2v) is 3.32. The maximum Gasteiger partial charge on any atom is 0.358 e. The molecule has 1 unspecified atom stereocenters. The third-order valence-electron chi connectivity index (χ3n) is 2.29. The van der Waals surface area contributed by atoms with E-state index in [0.717, 1.165) is 6.42 Å². The molecule has 14 heavy (non-hydrogen) atoms. The molecule has 0 radical (unpaired) electrons. The third kappa shape index (κ3) is 1.50. The Morgan fingerprint density at radius 1 is 1.64 bits per heavy atom. The van der Waals surface area contributed by atoms with E-state index in [1.807, 2.05) is 0 Å². The van der Waals surface area contributed by atoms with Gasteiger partial charge in [0.1, 0.15) is 5.76 Å². The zero-order chi connectivity index (χ0) is 10.1. The van der Waals surface area contributed by atoms with E-state index >= 15 is 0 Å². The lowest BCUT2D eigenvalue weighted by molar-refractivity contribution is 0.0689. The average molecular weight is 197 g/mol. The van der Waals surface area contributed by atoms with E-state index in [9.17, 15) is 4.79 Å². The fourth-order valence-corrected chi connectivity index (χ4v) is 1.52. The molecule has 5 nitrogen and oxygen atoms in total. The van der Waals surface area contributed by atoms with Crippen molar-refractivity contribution in [2.45, 2.75) is 19.3 Å². The van der Waals surface area contributed by atoms with Crippen LogP contribution in [-0.4, -0.2) is 29.3 Å². The normalized spacial score (nSPS) is 21.4. The highest BCUT2D eigenvalue weighted by atomic mass is 16.5. The van der Waals surface area contributed by atoms with Gasteiger partial charge in [-0.15, -0.1) is 0 Å². The van der Waals surface area contributed by atoms with Crippen LogP contribution in [0.1, 0.15) is 34.5 Å². The topological polar surface area (TPSA) is 72.6 Å². The molecule has 0 amide bonds. The van der Waals surface area contributed by atoms with Gasteiger partial charge in [0.15, 0.2) is 5.69 Å². The SMILES string of the molecule is Cc1oc(C2CCOC2)nc1C(=O)O. The Hall–Kier alpha value is -1.36. The summed E-state index contributed by atoms with van der Waals surface area (Å²) in [5.41, 5.74) is 0.00639. The summed E-state index contributed by atoms with van der Waals surface area (Å²) in [6, 6.07) is 0. The lowest BCUT2D eigenvalue weighted by Crippen LogP contribution is -2.01. The van der Waals surface area contributed by atoms with Crippen LogP contribution in [0.2, 0.25) is 0 Å². The first kappa shape index (κ1) is 9.21.